The molecule has 1 N–H and O–H groups in total. The van der Waals surface area contributed by atoms with Gasteiger partial charge in [-0.15, -0.1) is 0 Å². The van der Waals surface area contributed by atoms with Crippen molar-refractivity contribution < 1.29 is 4.52 Å². The van der Waals surface area contributed by atoms with Gasteiger partial charge in [0.25, 0.3) is 0 Å². The molecule has 1 aromatic heterocycles. The second-order valence-corrected chi connectivity index (χ2v) is 4.93. The van der Waals surface area contributed by atoms with Gasteiger partial charge in [0.15, 0.2) is 5.76 Å². The van der Waals surface area contributed by atoms with Gasteiger partial charge in [0.1, 0.15) is 5.69 Å². The third-order valence-electron chi connectivity index (χ3n) is 3.61. The Bertz CT molecular complexity index is 527. The van der Waals surface area contributed by atoms with E-state index >= 15 is 0 Å². The molecule has 0 radical (unpaired) electrons. The zero-order valence-corrected chi connectivity index (χ0v) is 10.6. The lowest BCUT2D eigenvalue weighted by Crippen LogP contribution is -2.26. The fourth-order valence-corrected chi connectivity index (χ4v) is 2.53. The Balaban J connectivity index is 1.87. The van der Waals surface area contributed by atoms with Gasteiger partial charge >= 0.3 is 0 Å². The van der Waals surface area contributed by atoms with Crippen LogP contribution in [0.4, 0.5) is 0 Å². The van der Waals surface area contributed by atoms with E-state index < -0.39 is 0 Å². The molecular weight excluding hydrogens is 224 g/mol. The van der Waals surface area contributed by atoms with E-state index in [4.69, 9.17) is 4.52 Å². The molecule has 3 nitrogen and oxygen atoms in total. The molecule has 1 saturated heterocycles. The normalized spacial score (nSPS) is 19.9. The van der Waals surface area contributed by atoms with E-state index in [0.29, 0.717) is 6.04 Å². The van der Waals surface area contributed by atoms with Crippen LogP contribution in [0.3, 0.4) is 0 Å². The van der Waals surface area contributed by atoms with E-state index in [9.17, 15) is 0 Å². The standard InChI is InChI=1S/C15H18N2O/c1-11-6-2-3-7-12(11)15-10-14(17-18-15)13-8-4-5-9-16-13/h2-3,6-7,10,13,16H,4-5,8-9H2,1H3. The second kappa shape index (κ2) is 4.94. The maximum Gasteiger partial charge on any atom is 0.167 e. The molecule has 1 aliphatic heterocycles. The molecule has 0 spiro atoms. The first-order valence-corrected chi connectivity index (χ1v) is 6.60. The lowest BCUT2D eigenvalue weighted by atomic mass is 10.0. The average Bonchev–Trinajstić information content (AvgIpc) is 2.90. The van der Waals surface area contributed by atoms with Crippen molar-refractivity contribution >= 4 is 0 Å². The number of piperidine rings is 1. The fraction of sp³-hybridized carbons (Fsp3) is 0.400. The Morgan fingerprint density at radius 3 is 2.94 bits per heavy atom. The predicted octanol–water partition coefficient (Wildman–Crippen LogP) is 3.46. The topological polar surface area (TPSA) is 38.1 Å². The molecular formula is C15H18N2O. The lowest BCUT2D eigenvalue weighted by Gasteiger charge is -2.20. The SMILES string of the molecule is Cc1ccccc1-c1cc(C2CCCCN2)no1. The van der Waals surface area contributed by atoms with Crippen molar-refractivity contribution in [3.05, 3.63) is 41.6 Å². The molecule has 18 heavy (non-hydrogen) atoms. The predicted molar refractivity (Wildman–Crippen MR) is 71.3 cm³/mol. The molecule has 94 valence electrons. The van der Waals surface area contributed by atoms with Gasteiger partial charge in [-0.2, -0.15) is 0 Å². The third-order valence-corrected chi connectivity index (χ3v) is 3.61. The summed E-state index contributed by atoms with van der Waals surface area (Å²) in [5.41, 5.74) is 3.39. The molecule has 2 heterocycles. The summed E-state index contributed by atoms with van der Waals surface area (Å²) in [4.78, 5) is 0. The largest absolute Gasteiger partial charge is 0.356 e. The summed E-state index contributed by atoms with van der Waals surface area (Å²) in [6.45, 7) is 3.17. The van der Waals surface area contributed by atoms with Crippen molar-refractivity contribution in [2.75, 3.05) is 6.54 Å². The van der Waals surface area contributed by atoms with Crippen molar-refractivity contribution in [2.24, 2.45) is 0 Å². The van der Waals surface area contributed by atoms with Gasteiger partial charge in [-0.25, -0.2) is 0 Å². The minimum absolute atomic E-state index is 0.361. The Hall–Kier alpha value is -1.61. The van der Waals surface area contributed by atoms with Crippen molar-refractivity contribution in [3.63, 3.8) is 0 Å². The Morgan fingerprint density at radius 2 is 2.17 bits per heavy atom. The summed E-state index contributed by atoms with van der Waals surface area (Å²) in [6.07, 6.45) is 3.68. The van der Waals surface area contributed by atoms with E-state index in [0.717, 1.165) is 30.0 Å². The highest BCUT2D eigenvalue weighted by molar-refractivity contribution is 5.61. The number of aryl methyl sites for hydroxylation is 1. The maximum atomic E-state index is 5.49. The Labute approximate surface area is 107 Å². The summed E-state index contributed by atoms with van der Waals surface area (Å²) in [7, 11) is 0. The van der Waals surface area contributed by atoms with E-state index in [-0.39, 0.29) is 0 Å². The third kappa shape index (κ3) is 2.18. The van der Waals surface area contributed by atoms with Crippen LogP contribution in [-0.2, 0) is 0 Å². The van der Waals surface area contributed by atoms with E-state index in [2.05, 4.69) is 35.6 Å². The van der Waals surface area contributed by atoms with Gasteiger partial charge < -0.3 is 9.84 Å². The molecule has 2 aromatic rings. The summed E-state index contributed by atoms with van der Waals surface area (Å²) in [6, 6.07) is 10.7. The number of aromatic nitrogens is 1. The second-order valence-electron chi connectivity index (χ2n) is 4.93. The molecule has 3 heteroatoms. The van der Waals surface area contributed by atoms with Crippen LogP contribution in [0.15, 0.2) is 34.9 Å². The van der Waals surface area contributed by atoms with Crippen LogP contribution < -0.4 is 5.32 Å². The van der Waals surface area contributed by atoms with E-state index in [1.807, 2.05) is 12.1 Å². The van der Waals surface area contributed by atoms with Crippen LogP contribution in [0.5, 0.6) is 0 Å². The van der Waals surface area contributed by atoms with Gasteiger partial charge in [-0.3, -0.25) is 0 Å². The van der Waals surface area contributed by atoms with Crippen LogP contribution >= 0.6 is 0 Å². The summed E-state index contributed by atoms with van der Waals surface area (Å²) >= 11 is 0. The van der Waals surface area contributed by atoms with Crippen molar-refractivity contribution in [1.29, 1.82) is 0 Å². The maximum absolute atomic E-state index is 5.49. The highest BCUT2D eigenvalue weighted by Gasteiger charge is 2.19. The van der Waals surface area contributed by atoms with Gasteiger partial charge in [0, 0.05) is 11.6 Å². The van der Waals surface area contributed by atoms with E-state index in [1.165, 1.54) is 18.4 Å². The monoisotopic (exact) mass is 242 g/mol. The fourth-order valence-electron chi connectivity index (χ4n) is 2.53. The van der Waals surface area contributed by atoms with E-state index in [1.54, 1.807) is 0 Å². The number of nitrogens with zero attached hydrogens (tertiary/aromatic N) is 1. The number of hydrogen-bond acceptors (Lipinski definition) is 3. The molecule has 0 aliphatic carbocycles. The first kappa shape index (κ1) is 11.5. The highest BCUT2D eigenvalue weighted by Crippen LogP contribution is 2.28. The number of benzene rings is 1. The molecule has 1 unspecified atom stereocenters. The molecule has 3 rings (SSSR count). The highest BCUT2D eigenvalue weighted by atomic mass is 16.5. The summed E-state index contributed by atoms with van der Waals surface area (Å²) < 4.78 is 5.49. The van der Waals surface area contributed by atoms with Crippen molar-refractivity contribution in [1.82, 2.24) is 10.5 Å². The van der Waals surface area contributed by atoms with Gasteiger partial charge in [-0.05, 0) is 31.9 Å². The van der Waals surface area contributed by atoms with Gasteiger partial charge in [0.2, 0.25) is 0 Å². The van der Waals surface area contributed by atoms with Crippen LogP contribution in [0.1, 0.15) is 36.6 Å². The summed E-state index contributed by atoms with van der Waals surface area (Å²) in [5.74, 6) is 0.871. The summed E-state index contributed by atoms with van der Waals surface area (Å²) in [5, 5.41) is 7.71. The lowest BCUT2D eigenvalue weighted by molar-refractivity contribution is 0.368. The molecule has 0 saturated carbocycles. The van der Waals surface area contributed by atoms with Gasteiger partial charge in [-0.1, -0.05) is 35.8 Å². The van der Waals surface area contributed by atoms with Crippen molar-refractivity contribution in [2.45, 2.75) is 32.2 Å². The van der Waals surface area contributed by atoms with Crippen LogP contribution in [0.2, 0.25) is 0 Å². The molecule has 1 aromatic carbocycles. The number of hydrogen-bond donors (Lipinski definition) is 1. The van der Waals surface area contributed by atoms with Gasteiger partial charge in [0.05, 0.1) is 6.04 Å². The molecule has 1 fully saturated rings. The zero-order chi connectivity index (χ0) is 12.4. The van der Waals surface area contributed by atoms with Crippen molar-refractivity contribution in [3.8, 4) is 11.3 Å². The van der Waals surface area contributed by atoms with Crippen LogP contribution in [0, 0.1) is 6.92 Å². The number of nitrogens with one attached hydrogen (secondary N) is 1. The molecule has 0 amide bonds. The van der Waals surface area contributed by atoms with Crippen LogP contribution in [-0.4, -0.2) is 11.7 Å². The Kier molecular flexibility index (Phi) is 3.15. The first-order chi connectivity index (χ1) is 8.84. The quantitative estimate of drug-likeness (QED) is 0.876. The first-order valence-electron chi connectivity index (χ1n) is 6.60. The zero-order valence-electron chi connectivity index (χ0n) is 10.6. The molecule has 1 atom stereocenters. The molecule has 1 aliphatic rings. The minimum atomic E-state index is 0.361. The smallest absolute Gasteiger partial charge is 0.167 e. The average molecular weight is 242 g/mol. The number of rotatable bonds is 2. The Morgan fingerprint density at radius 1 is 1.28 bits per heavy atom. The minimum Gasteiger partial charge on any atom is -0.356 e. The molecule has 0 bridgehead atoms. The van der Waals surface area contributed by atoms with Crippen LogP contribution in [0.25, 0.3) is 11.3 Å².